The number of ketones is 1. The Balaban J connectivity index is 0.00000180. The summed E-state index contributed by atoms with van der Waals surface area (Å²) < 4.78 is 0. The van der Waals surface area contributed by atoms with Crippen molar-refractivity contribution in [2.24, 2.45) is 11.5 Å². The number of carbonyl (C=O) groups is 1. The summed E-state index contributed by atoms with van der Waals surface area (Å²) in [6.45, 7) is 0.972. The average Bonchev–Trinajstić information content (AvgIpc) is 2.47. The Kier molecular flexibility index (Phi) is 5.70. The zero-order valence-corrected chi connectivity index (χ0v) is 11.3. The summed E-state index contributed by atoms with van der Waals surface area (Å²) in [5.41, 5.74) is 14.4. The minimum atomic E-state index is 0. The van der Waals surface area contributed by atoms with E-state index in [1.165, 1.54) is 0 Å². The summed E-state index contributed by atoms with van der Waals surface area (Å²) in [6.07, 6.45) is 0. The lowest BCUT2D eigenvalue weighted by molar-refractivity contribution is 0.103. The maximum Gasteiger partial charge on any atom is 0.193 e. The summed E-state index contributed by atoms with van der Waals surface area (Å²) in [6, 6.07) is 14.7. The Hall–Kier alpha value is -1.68. The standard InChI is InChI=1S/C15H16N2O.ClH/c16-9-11-1-5-13(6-2-11)15(18)14-7-3-12(10-17)4-8-14;/h1-8H,9-10,16-17H2;1H. The molecule has 3 nitrogen and oxygen atoms in total. The van der Waals surface area contributed by atoms with Crippen LogP contribution in [0.1, 0.15) is 27.0 Å². The largest absolute Gasteiger partial charge is 0.326 e. The molecule has 0 saturated carbocycles. The molecule has 0 bridgehead atoms. The van der Waals surface area contributed by atoms with E-state index in [9.17, 15) is 4.79 Å². The summed E-state index contributed by atoms with van der Waals surface area (Å²) >= 11 is 0. The van der Waals surface area contributed by atoms with Crippen molar-refractivity contribution < 1.29 is 4.79 Å². The fraction of sp³-hybridized carbons (Fsp3) is 0.133. The first-order chi connectivity index (χ1) is 8.74. The molecule has 2 rings (SSSR count). The Morgan fingerprint density at radius 3 is 1.32 bits per heavy atom. The van der Waals surface area contributed by atoms with Crippen LogP contribution >= 0.6 is 12.4 Å². The third-order valence-electron chi connectivity index (χ3n) is 2.90. The highest BCUT2D eigenvalue weighted by atomic mass is 35.5. The van der Waals surface area contributed by atoms with Crippen LogP contribution in [0.15, 0.2) is 48.5 Å². The van der Waals surface area contributed by atoms with E-state index in [4.69, 9.17) is 11.5 Å². The van der Waals surface area contributed by atoms with E-state index in [1.807, 2.05) is 24.3 Å². The van der Waals surface area contributed by atoms with Gasteiger partial charge < -0.3 is 11.5 Å². The van der Waals surface area contributed by atoms with Crippen LogP contribution in [0.3, 0.4) is 0 Å². The van der Waals surface area contributed by atoms with Crippen LogP contribution in [-0.4, -0.2) is 5.78 Å². The van der Waals surface area contributed by atoms with E-state index in [0.717, 1.165) is 11.1 Å². The topological polar surface area (TPSA) is 69.1 Å². The van der Waals surface area contributed by atoms with Crippen LogP contribution in [-0.2, 0) is 13.1 Å². The molecule has 4 heteroatoms. The number of benzene rings is 2. The molecule has 19 heavy (non-hydrogen) atoms. The van der Waals surface area contributed by atoms with Crippen molar-refractivity contribution in [3.05, 3.63) is 70.8 Å². The van der Waals surface area contributed by atoms with Gasteiger partial charge in [0.2, 0.25) is 0 Å². The number of nitrogens with two attached hydrogens (primary N) is 2. The lowest BCUT2D eigenvalue weighted by Crippen LogP contribution is -2.03. The molecule has 4 N–H and O–H groups in total. The third-order valence-corrected chi connectivity index (χ3v) is 2.90. The predicted octanol–water partition coefficient (Wildman–Crippen LogP) is 2.26. The highest BCUT2D eigenvalue weighted by Gasteiger charge is 2.08. The Morgan fingerprint density at radius 2 is 1.05 bits per heavy atom. The number of hydrogen-bond acceptors (Lipinski definition) is 3. The van der Waals surface area contributed by atoms with E-state index < -0.39 is 0 Å². The molecule has 0 unspecified atom stereocenters. The second kappa shape index (κ2) is 7.04. The average molecular weight is 277 g/mol. The van der Waals surface area contributed by atoms with Crippen molar-refractivity contribution in [1.29, 1.82) is 0 Å². The van der Waals surface area contributed by atoms with E-state index in [0.29, 0.717) is 24.2 Å². The van der Waals surface area contributed by atoms with E-state index in [1.54, 1.807) is 24.3 Å². The van der Waals surface area contributed by atoms with Gasteiger partial charge in [0.1, 0.15) is 0 Å². The molecule has 2 aromatic carbocycles. The van der Waals surface area contributed by atoms with Gasteiger partial charge in [-0.25, -0.2) is 0 Å². The van der Waals surface area contributed by atoms with Crippen LogP contribution in [0, 0.1) is 0 Å². The van der Waals surface area contributed by atoms with Crippen LogP contribution in [0.4, 0.5) is 0 Å². The van der Waals surface area contributed by atoms with Crippen molar-refractivity contribution in [1.82, 2.24) is 0 Å². The maximum absolute atomic E-state index is 12.2. The van der Waals surface area contributed by atoms with Gasteiger partial charge in [0.25, 0.3) is 0 Å². The Labute approximate surface area is 119 Å². The van der Waals surface area contributed by atoms with Crippen LogP contribution in [0.25, 0.3) is 0 Å². The first kappa shape index (κ1) is 15.4. The molecule has 0 aliphatic rings. The van der Waals surface area contributed by atoms with Gasteiger partial charge in [0.15, 0.2) is 5.78 Å². The highest BCUT2D eigenvalue weighted by molar-refractivity contribution is 6.08. The van der Waals surface area contributed by atoms with E-state index in [2.05, 4.69) is 0 Å². The number of hydrogen-bond donors (Lipinski definition) is 2. The zero-order chi connectivity index (χ0) is 13.0. The second-order valence-electron chi connectivity index (χ2n) is 4.13. The first-order valence-corrected chi connectivity index (χ1v) is 5.87. The fourth-order valence-electron chi connectivity index (χ4n) is 1.75. The zero-order valence-electron chi connectivity index (χ0n) is 10.5. The SMILES string of the molecule is Cl.NCc1ccc(C(=O)c2ccc(CN)cc2)cc1. The smallest absolute Gasteiger partial charge is 0.193 e. The molecule has 0 heterocycles. The molecule has 0 fully saturated rings. The monoisotopic (exact) mass is 276 g/mol. The van der Waals surface area contributed by atoms with E-state index >= 15 is 0 Å². The number of rotatable bonds is 4. The van der Waals surface area contributed by atoms with Crippen LogP contribution in [0.5, 0.6) is 0 Å². The van der Waals surface area contributed by atoms with Gasteiger partial charge in [-0.05, 0) is 11.1 Å². The van der Waals surface area contributed by atoms with E-state index in [-0.39, 0.29) is 18.2 Å². The maximum atomic E-state index is 12.2. The lowest BCUT2D eigenvalue weighted by atomic mass is 10.0. The van der Waals surface area contributed by atoms with Crippen molar-refractivity contribution in [2.45, 2.75) is 13.1 Å². The number of carbonyl (C=O) groups excluding carboxylic acids is 1. The Morgan fingerprint density at radius 1 is 0.737 bits per heavy atom. The van der Waals surface area contributed by atoms with Gasteiger partial charge in [-0.1, -0.05) is 48.5 Å². The minimum Gasteiger partial charge on any atom is -0.326 e. The molecule has 2 aromatic rings. The molecule has 0 aromatic heterocycles. The van der Waals surface area contributed by atoms with Crippen molar-refractivity contribution in [3.63, 3.8) is 0 Å². The molecule has 0 aliphatic heterocycles. The minimum absolute atomic E-state index is 0. The van der Waals surface area contributed by atoms with Gasteiger partial charge in [0, 0.05) is 24.2 Å². The first-order valence-electron chi connectivity index (χ1n) is 5.87. The third kappa shape index (κ3) is 3.64. The van der Waals surface area contributed by atoms with Gasteiger partial charge in [-0.2, -0.15) is 0 Å². The molecule has 100 valence electrons. The molecule has 0 aliphatic carbocycles. The molecular weight excluding hydrogens is 260 g/mol. The summed E-state index contributed by atoms with van der Waals surface area (Å²) in [7, 11) is 0. The van der Waals surface area contributed by atoms with Gasteiger partial charge in [0.05, 0.1) is 0 Å². The van der Waals surface area contributed by atoms with Crippen molar-refractivity contribution in [3.8, 4) is 0 Å². The summed E-state index contributed by atoms with van der Waals surface area (Å²) in [5.74, 6) is 0.0159. The van der Waals surface area contributed by atoms with Crippen LogP contribution < -0.4 is 11.5 Å². The molecular formula is C15H17ClN2O. The molecule has 0 radical (unpaired) electrons. The Bertz CT molecular complexity index is 486. The number of halogens is 1. The predicted molar refractivity (Wildman–Crippen MR) is 79.3 cm³/mol. The quantitative estimate of drug-likeness (QED) is 0.842. The molecule has 0 amide bonds. The highest BCUT2D eigenvalue weighted by Crippen LogP contribution is 2.12. The van der Waals surface area contributed by atoms with Gasteiger partial charge in [-0.3, -0.25) is 4.79 Å². The lowest BCUT2D eigenvalue weighted by Gasteiger charge is -2.03. The van der Waals surface area contributed by atoms with Gasteiger partial charge in [-0.15, -0.1) is 12.4 Å². The summed E-state index contributed by atoms with van der Waals surface area (Å²) in [4.78, 5) is 12.2. The fourth-order valence-corrected chi connectivity index (χ4v) is 1.75. The molecule has 0 spiro atoms. The molecule has 0 atom stereocenters. The van der Waals surface area contributed by atoms with Gasteiger partial charge >= 0.3 is 0 Å². The molecule has 0 saturated heterocycles. The van der Waals surface area contributed by atoms with Crippen molar-refractivity contribution in [2.75, 3.05) is 0 Å². The summed E-state index contributed by atoms with van der Waals surface area (Å²) in [5, 5.41) is 0. The van der Waals surface area contributed by atoms with Crippen molar-refractivity contribution >= 4 is 18.2 Å². The second-order valence-corrected chi connectivity index (χ2v) is 4.13. The normalized spacial score (nSPS) is 9.79. The van der Waals surface area contributed by atoms with Crippen LogP contribution in [0.2, 0.25) is 0 Å².